The maximum atomic E-state index is 12.6. The summed E-state index contributed by atoms with van der Waals surface area (Å²) in [4.78, 5) is 14.1. The minimum Gasteiger partial charge on any atom is -0.384 e. The number of ether oxygens (including phenoxy) is 1. The van der Waals surface area contributed by atoms with Gasteiger partial charge in [-0.2, -0.15) is 5.26 Å². The smallest absolute Gasteiger partial charge is 0.255 e. The molecule has 1 aromatic carbocycles. The molecule has 1 amide bonds. The van der Waals surface area contributed by atoms with E-state index in [0.717, 1.165) is 0 Å². The molecule has 0 heterocycles. The fourth-order valence-electron chi connectivity index (χ4n) is 1.79. The zero-order chi connectivity index (χ0) is 15.5. The minimum absolute atomic E-state index is 0.190. The number of aliphatic hydroxyl groups excluding tert-OH is 1. The molecule has 0 saturated carbocycles. The topological polar surface area (TPSA) is 73.6 Å². The number of hydrogen-bond donors (Lipinski definition) is 1. The van der Waals surface area contributed by atoms with Crippen LogP contribution in [-0.4, -0.2) is 49.3 Å². The summed E-state index contributed by atoms with van der Waals surface area (Å²) in [5.74, 6) is 5.12. The Morgan fingerprint density at radius 2 is 2.14 bits per heavy atom. The average Bonchev–Trinajstić information content (AvgIpc) is 2.52. The highest BCUT2D eigenvalue weighted by atomic mass is 16.5. The summed E-state index contributed by atoms with van der Waals surface area (Å²) in [5.41, 5.74) is 1.03. The molecule has 5 heteroatoms. The molecule has 0 saturated heterocycles. The van der Waals surface area contributed by atoms with Gasteiger partial charge in [0.2, 0.25) is 0 Å². The van der Waals surface area contributed by atoms with Gasteiger partial charge in [0, 0.05) is 25.8 Å². The number of carbonyl (C=O) groups is 1. The zero-order valence-electron chi connectivity index (χ0n) is 12.0. The van der Waals surface area contributed by atoms with E-state index in [1.165, 1.54) is 0 Å². The molecule has 0 aliphatic heterocycles. The molecule has 0 atom stereocenters. The third-order valence-electron chi connectivity index (χ3n) is 2.81. The van der Waals surface area contributed by atoms with Gasteiger partial charge >= 0.3 is 0 Å². The van der Waals surface area contributed by atoms with Crippen LogP contribution in [0.25, 0.3) is 0 Å². The van der Waals surface area contributed by atoms with Gasteiger partial charge in [-0.1, -0.05) is 24.0 Å². The summed E-state index contributed by atoms with van der Waals surface area (Å²) in [5, 5.41) is 17.5. The number of methoxy groups -OCH3 is 1. The molecule has 0 spiro atoms. The number of amides is 1. The fourth-order valence-corrected chi connectivity index (χ4v) is 1.79. The second-order valence-corrected chi connectivity index (χ2v) is 4.20. The van der Waals surface area contributed by atoms with Gasteiger partial charge in [-0.05, 0) is 12.1 Å². The molecule has 0 unspecified atom stereocenters. The molecular formula is C16H18N2O3. The summed E-state index contributed by atoms with van der Waals surface area (Å²) in [6, 6.07) is 9.00. The Morgan fingerprint density at radius 3 is 2.81 bits per heavy atom. The second kappa shape index (κ2) is 9.55. The molecule has 0 aliphatic rings. The molecule has 0 bridgehead atoms. The van der Waals surface area contributed by atoms with Gasteiger partial charge in [0.15, 0.2) is 0 Å². The van der Waals surface area contributed by atoms with Crippen LogP contribution in [0.2, 0.25) is 0 Å². The first-order valence-electron chi connectivity index (χ1n) is 6.58. The third kappa shape index (κ3) is 5.27. The minimum atomic E-state index is -0.260. The van der Waals surface area contributed by atoms with Crippen LogP contribution >= 0.6 is 0 Å². The van der Waals surface area contributed by atoms with Gasteiger partial charge in [0.25, 0.3) is 5.91 Å². The summed E-state index contributed by atoms with van der Waals surface area (Å²) >= 11 is 0. The van der Waals surface area contributed by atoms with Gasteiger partial charge in [-0.25, -0.2) is 0 Å². The number of aliphatic hydroxyl groups is 1. The van der Waals surface area contributed by atoms with Gasteiger partial charge in [0.1, 0.15) is 6.61 Å². The van der Waals surface area contributed by atoms with Crippen LogP contribution in [0.4, 0.5) is 0 Å². The maximum absolute atomic E-state index is 12.6. The molecule has 0 radical (unpaired) electrons. The van der Waals surface area contributed by atoms with Crippen molar-refractivity contribution in [3.05, 3.63) is 35.4 Å². The monoisotopic (exact) mass is 286 g/mol. The van der Waals surface area contributed by atoms with Crippen LogP contribution in [0.1, 0.15) is 22.3 Å². The van der Waals surface area contributed by atoms with Gasteiger partial charge in [-0.3, -0.25) is 4.79 Å². The van der Waals surface area contributed by atoms with Crippen LogP contribution in [0.15, 0.2) is 24.3 Å². The number of nitriles is 1. The summed E-state index contributed by atoms with van der Waals surface area (Å²) in [6.07, 6.45) is 0.264. The predicted octanol–water partition coefficient (Wildman–Crippen LogP) is 1.03. The first-order valence-corrected chi connectivity index (χ1v) is 6.58. The number of rotatable bonds is 6. The Hall–Kier alpha value is -2.34. The summed E-state index contributed by atoms with van der Waals surface area (Å²) < 4.78 is 5.00. The highest BCUT2D eigenvalue weighted by Crippen LogP contribution is 2.11. The van der Waals surface area contributed by atoms with Crippen molar-refractivity contribution in [2.45, 2.75) is 6.42 Å². The Labute approximate surface area is 124 Å². The van der Waals surface area contributed by atoms with E-state index in [0.29, 0.717) is 30.8 Å². The van der Waals surface area contributed by atoms with Crippen molar-refractivity contribution in [2.24, 2.45) is 0 Å². The first kappa shape index (κ1) is 16.7. The van der Waals surface area contributed by atoms with E-state index in [9.17, 15) is 4.79 Å². The van der Waals surface area contributed by atoms with Crippen molar-refractivity contribution < 1.29 is 14.6 Å². The molecule has 1 rings (SSSR count). The van der Waals surface area contributed by atoms with Crippen molar-refractivity contribution >= 4 is 5.91 Å². The molecule has 21 heavy (non-hydrogen) atoms. The molecule has 0 fully saturated rings. The molecule has 1 N–H and O–H groups in total. The second-order valence-electron chi connectivity index (χ2n) is 4.20. The molecule has 5 nitrogen and oxygen atoms in total. The Kier molecular flexibility index (Phi) is 7.60. The van der Waals surface area contributed by atoms with Crippen molar-refractivity contribution in [1.29, 1.82) is 5.26 Å². The molecular weight excluding hydrogens is 268 g/mol. The van der Waals surface area contributed by atoms with E-state index in [-0.39, 0.29) is 18.9 Å². The lowest BCUT2D eigenvalue weighted by molar-refractivity contribution is 0.0699. The third-order valence-corrected chi connectivity index (χ3v) is 2.81. The highest BCUT2D eigenvalue weighted by molar-refractivity contribution is 5.96. The van der Waals surface area contributed by atoms with E-state index in [1.54, 1.807) is 36.3 Å². The van der Waals surface area contributed by atoms with Gasteiger partial charge < -0.3 is 14.7 Å². The first-order chi connectivity index (χ1) is 10.2. The predicted molar refractivity (Wildman–Crippen MR) is 78.4 cm³/mol. The van der Waals surface area contributed by atoms with Crippen LogP contribution in [0.5, 0.6) is 0 Å². The van der Waals surface area contributed by atoms with Gasteiger partial charge in [-0.15, -0.1) is 0 Å². The van der Waals surface area contributed by atoms with Crippen LogP contribution in [-0.2, 0) is 4.74 Å². The average molecular weight is 286 g/mol. The largest absolute Gasteiger partial charge is 0.384 e. The van der Waals surface area contributed by atoms with Crippen molar-refractivity contribution in [3.8, 4) is 17.9 Å². The summed E-state index contributed by atoms with van der Waals surface area (Å²) in [6.45, 7) is 0.908. The lowest BCUT2D eigenvalue weighted by Gasteiger charge is -2.21. The van der Waals surface area contributed by atoms with Crippen molar-refractivity contribution in [3.63, 3.8) is 0 Å². The Morgan fingerprint density at radius 1 is 1.38 bits per heavy atom. The van der Waals surface area contributed by atoms with Crippen LogP contribution in [0, 0.1) is 23.2 Å². The molecule has 0 aliphatic carbocycles. The van der Waals surface area contributed by atoms with E-state index in [2.05, 4.69) is 11.8 Å². The van der Waals surface area contributed by atoms with E-state index in [4.69, 9.17) is 15.1 Å². The number of carbonyl (C=O) groups excluding carboxylic acids is 1. The van der Waals surface area contributed by atoms with Crippen molar-refractivity contribution in [2.75, 3.05) is 33.4 Å². The van der Waals surface area contributed by atoms with E-state index in [1.807, 2.05) is 6.07 Å². The van der Waals surface area contributed by atoms with Crippen LogP contribution in [0.3, 0.4) is 0 Å². The molecule has 0 aromatic heterocycles. The number of hydrogen-bond acceptors (Lipinski definition) is 4. The van der Waals surface area contributed by atoms with E-state index < -0.39 is 0 Å². The lowest BCUT2D eigenvalue weighted by atomic mass is 10.1. The number of nitrogens with zero attached hydrogens (tertiary/aromatic N) is 2. The normalized spacial score (nSPS) is 9.38. The lowest BCUT2D eigenvalue weighted by Crippen LogP contribution is -2.35. The highest BCUT2D eigenvalue weighted by Gasteiger charge is 2.17. The standard InChI is InChI=1S/C16H18N2O3/c1-21-13-11-18(10-5-9-17)16(20)15-8-3-2-6-14(15)7-4-12-19/h2-3,6,8,19H,5,10-13H2,1H3. The summed E-state index contributed by atoms with van der Waals surface area (Å²) in [7, 11) is 1.56. The molecule has 1 aromatic rings. The van der Waals surface area contributed by atoms with Crippen molar-refractivity contribution in [1.82, 2.24) is 4.90 Å². The van der Waals surface area contributed by atoms with Gasteiger partial charge in [0.05, 0.1) is 24.7 Å². The zero-order valence-corrected chi connectivity index (χ0v) is 12.0. The molecule has 110 valence electrons. The maximum Gasteiger partial charge on any atom is 0.255 e. The van der Waals surface area contributed by atoms with Crippen LogP contribution < -0.4 is 0 Å². The quantitative estimate of drug-likeness (QED) is 0.793. The Bertz CT molecular complexity index is 567. The fraction of sp³-hybridized carbons (Fsp3) is 0.375. The Balaban J connectivity index is 2.99. The SMILES string of the molecule is COCCN(CCC#N)C(=O)c1ccccc1C#CCO. The number of benzene rings is 1. The van der Waals surface area contributed by atoms with E-state index >= 15 is 0 Å².